The molecule has 0 aromatic heterocycles. The summed E-state index contributed by atoms with van der Waals surface area (Å²) < 4.78 is 0. The molecule has 0 saturated carbocycles. The maximum atomic E-state index is 12.6. The van der Waals surface area contributed by atoms with Gasteiger partial charge in [0.1, 0.15) is 0 Å². The lowest BCUT2D eigenvalue weighted by Gasteiger charge is -2.34. The van der Waals surface area contributed by atoms with Crippen LogP contribution in [0.4, 0.5) is 0 Å². The van der Waals surface area contributed by atoms with Gasteiger partial charge in [-0.05, 0) is 32.2 Å². The van der Waals surface area contributed by atoms with Crippen molar-refractivity contribution in [1.29, 1.82) is 5.26 Å². The second-order valence-electron chi connectivity index (χ2n) is 5.79. The van der Waals surface area contributed by atoms with Crippen LogP contribution in [0.3, 0.4) is 0 Å². The normalized spacial score (nSPS) is 25.6. The first-order chi connectivity index (χ1) is 9.31. The van der Waals surface area contributed by atoms with Crippen molar-refractivity contribution in [3.05, 3.63) is 0 Å². The molecule has 0 bridgehead atoms. The molecule has 4 heteroatoms. The van der Waals surface area contributed by atoms with E-state index in [1.54, 1.807) is 0 Å². The standard InChI is InChI=1S/C15H25N3O/c16-8-6-10-17-9-5-7-14(13-17)15(19)18-11-3-1-2-4-12-18/h14H,1-7,9-13H2. The Balaban J connectivity index is 1.85. The number of piperidine rings is 1. The number of hydrogen-bond donors (Lipinski definition) is 0. The molecule has 2 heterocycles. The number of nitrogens with zero attached hydrogens (tertiary/aromatic N) is 3. The van der Waals surface area contributed by atoms with Crippen molar-refractivity contribution in [1.82, 2.24) is 9.80 Å². The highest BCUT2D eigenvalue weighted by Crippen LogP contribution is 2.21. The fraction of sp³-hybridized carbons (Fsp3) is 0.867. The molecule has 4 nitrogen and oxygen atoms in total. The summed E-state index contributed by atoms with van der Waals surface area (Å²) in [5.74, 6) is 0.536. The Morgan fingerprint density at radius 3 is 2.53 bits per heavy atom. The van der Waals surface area contributed by atoms with Gasteiger partial charge in [-0.3, -0.25) is 4.79 Å². The SMILES string of the molecule is N#CCCN1CCCC(C(=O)N2CCCCCC2)C1. The Bertz CT molecular complexity index is 329. The summed E-state index contributed by atoms with van der Waals surface area (Å²) in [5.41, 5.74) is 0. The Labute approximate surface area is 116 Å². The molecule has 2 fully saturated rings. The van der Waals surface area contributed by atoms with Gasteiger partial charge in [0.15, 0.2) is 0 Å². The van der Waals surface area contributed by atoms with Crippen LogP contribution in [0.2, 0.25) is 0 Å². The van der Waals surface area contributed by atoms with Gasteiger partial charge < -0.3 is 9.80 Å². The van der Waals surface area contributed by atoms with E-state index in [-0.39, 0.29) is 5.92 Å². The van der Waals surface area contributed by atoms with E-state index < -0.39 is 0 Å². The largest absolute Gasteiger partial charge is 0.342 e. The molecule has 0 aromatic carbocycles. The van der Waals surface area contributed by atoms with Crippen molar-refractivity contribution < 1.29 is 4.79 Å². The van der Waals surface area contributed by atoms with Crippen LogP contribution in [0.15, 0.2) is 0 Å². The first-order valence-electron chi connectivity index (χ1n) is 7.69. The van der Waals surface area contributed by atoms with Gasteiger partial charge in [-0.15, -0.1) is 0 Å². The molecule has 2 aliphatic heterocycles. The average Bonchev–Trinajstić information content (AvgIpc) is 2.73. The summed E-state index contributed by atoms with van der Waals surface area (Å²) in [6.07, 6.45) is 7.55. The van der Waals surface area contributed by atoms with Crippen LogP contribution in [0.1, 0.15) is 44.9 Å². The Morgan fingerprint density at radius 1 is 1.11 bits per heavy atom. The molecule has 0 aliphatic carbocycles. The lowest BCUT2D eigenvalue weighted by molar-refractivity contribution is -0.137. The highest BCUT2D eigenvalue weighted by molar-refractivity contribution is 5.79. The van der Waals surface area contributed by atoms with E-state index in [1.165, 1.54) is 12.8 Å². The van der Waals surface area contributed by atoms with Gasteiger partial charge in [0.2, 0.25) is 5.91 Å². The fourth-order valence-electron chi connectivity index (χ4n) is 3.22. The minimum absolute atomic E-state index is 0.172. The van der Waals surface area contributed by atoms with Gasteiger partial charge >= 0.3 is 0 Å². The van der Waals surface area contributed by atoms with E-state index in [1.807, 2.05) is 0 Å². The first kappa shape index (κ1) is 14.3. The first-order valence-corrected chi connectivity index (χ1v) is 7.69. The molecule has 0 spiro atoms. The van der Waals surface area contributed by atoms with Gasteiger partial charge in [0, 0.05) is 32.6 Å². The van der Waals surface area contributed by atoms with Crippen LogP contribution in [-0.4, -0.2) is 48.4 Å². The van der Waals surface area contributed by atoms with Crippen molar-refractivity contribution in [3.8, 4) is 6.07 Å². The molecular formula is C15H25N3O. The van der Waals surface area contributed by atoms with Crippen molar-refractivity contribution in [2.45, 2.75) is 44.9 Å². The highest BCUT2D eigenvalue weighted by atomic mass is 16.2. The monoisotopic (exact) mass is 263 g/mol. The fourth-order valence-corrected chi connectivity index (χ4v) is 3.22. The van der Waals surface area contributed by atoms with Gasteiger partial charge in [-0.25, -0.2) is 0 Å². The molecule has 2 aliphatic rings. The van der Waals surface area contributed by atoms with Crippen LogP contribution in [-0.2, 0) is 4.79 Å². The van der Waals surface area contributed by atoms with Gasteiger partial charge in [0.05, 0.1) is 12.0 Å². The van der Waals surface area contributed by atoms with E-state index in [4.69, 9.17) is 5.26 Å². The van der Waals surface area contributed by atoms with Crippen LogP contribution < -0.4 is 0 Å². The lowest BCUT2D eigenvalue weighted by Crippen LogP contribution is -2.45. The Morgan fingerprint density at radius 2 is 1.84 bits per heavy atom. The number of rotatable bonds is 3. The quantitative estimate of drug-likeness (QED) is 0.782. The summed E-state index contributed by atoms with van der Waals surface area (Å²) in [7, 11) is 0. The zero-order chi connectivity index (χ0) is 13.5. The minimum atomic E-state index is 0.172. The predicted molar refractivity (Wildman–Crippen MR) is 74.4 cm³/mol. The molecule has 0 N–H and O–H groups in total. The number of carbonyl (C=O) groups is 1. The maximum absolute atomic E-state index is 12.6. The molecule has 106 valence electrons. The van der Waals surface area contributed by atoms with Crippen LogP contribution in [0, 0.1) is 17.2 Å². The smallest absolute Gasteiger partial charge is 0.226 e. The van der Waals surface area contributed by atoms with Gasteiger partial charge in [0.25, 0.3) is 0 Å². The van der Waals surface area contributed by atoms with Gasteiger partial charge in [-0.1, -0.05) is 12.8 Å². The summed E-state index contributed by atoms with van der Waals surface area (Å²) in [5, 5.41) is 8.66. The van der Waals surface area contributed by atoms with Crippen molar-refractivity contribution in [3.63, 3.8) is 0 Å². The van der Waals surface area contributed by atoms with E-state index >= 15 is 0 Å². The Kier molecular flexibility index (Phi) is 5.65. The van der Waals surface area contributed by atoms with Crippen molar-refractivity contribution in [2.24, 2.45) is 5.92 Å². The minimum Gasteiger partial charge on any atom is -0.342 e. The number of hydrogen-bond acceptors (Lipinski definition) is 3. The molecule has 1 unspecified atom stereocenters. The molecule has 1 amide bonds. The average molecular weight is 263 g/mol. The van der Waals surface area contributed by atoms with Gasteiger partial charge in [-0.2, -0.15) is 5.26 Å². The zero-order valence-electron chi connectivity index (χ0n) is 11.8. The molecule has 2 saturated heterocycles. The Hall–Kier alpha value is -1.08. The predicted octanol–water partition coefficient (Wildman–Crippen LogP) is 2.01. The van der Waals surface area contributed by atoms with Crippen LogP contribution in [0.25, 0.3) is 0 Å². The number of likely N-dealkylation sites (tertiary alicyclic amines) is 2. The van der Waals surface area contributed by atoms with Crippen LogP contribution >= 0.6 is 0 Å². The third kappa shape index (κ3) is 4.21. The summed E-state index contributed by atoms with van der Waals surface area (Å²) in [6.45, 7) is 4.63. The zero-order valence-corrected chi connectivity index (χ0v) is 11.8. The highest BCUT2D eigenvalue weighted by Gasteiger charge is 2.29. The number of amides is 1. The number of nitriles is 1. The van der Waals surface area contributed by atoms with Crippen LogP contribution in [0.5, 0.6) is 0 Å². The van der Waals surface area contributed by atoms with E-state index in [2.05, 4.69) is 15.9 Å². The van der Waals surface area contributed by atoms with Crippen molar-refractivity contribution >= 4 is 5.91 Å². The molecular weight excluding hydrogens is 238 g/mol. The van der Waals surface area contributed by atoms with E-state index in [0.717, 1.165) is 58.4 Å². The van der Waals surface area contributed by atoms with E-state index in [0.29, 0.717) is 12.3 Å². The second-order valence-corrected chi connectivity index (χ2v) is 5.79. The van der Waals surface area contributed by atoms with E-state index in [9.17, 15) is 4.79 Å². The number of carbonyl (C=O) groups excluding carboxylic acids is 1. The second kappa shape index (κ2) is 7.49. The lowest BCUT2D eigenvalue weighted by atomic mass is 9.96. The maximum Gasteiger partial charge on any atom is 0.226 e. The summed E-state index contributed by atoms with van der Waals surface area (Å²) in [6, 6.07) is 2.19. The molecule has 19 heavy (non-hydrogen) atoms. The molecule has 0 aromatic rings. The molecule has 1 atom stereocenters. The van der Waals surface area contributed by atoms with Crippen molar-refractivity contribution in [2.75, 3.05) is 32.7 Å². The topological polar surface area (TPSA) is 47.3 Å². The third-order valence-electron chi connectivity index (χ3n) is 4.31. The summed E-state index contributed by atoms with van der Waals surface area (Å²) in [4.78, 5) is 16.9. The summed E-state index contributed by atoms with van der Waals surface area (Å²) >= 11 is 0. The molecule has 0 radical (unpaired) electrons. The molecule has 2 rings (SSSR count). The third-order valence-corrected chi connectivity index (χ3v) is 4.31.